The van der Waals surface area contributed by atoms with E-state index < -0.39 is 23.8 Å². The van der Waals surface area contributed by atoms with E-state index in [1.807, 2.05) is 62.2 Å². The minimum atomic E-state index is -4.49. The number of hydrogen-bond acceptors (Lipinski definition) is 3. The molecular formula is C28H29F3N2O2. The quantitative estimate of drug-likeness (QED) is 0.196. The Morgan fingerprint density at radius 1 is 1.03 bits per heavy atom. The molecule has 0 spiro atoms. The van der Waals surface area contributed by atoms with Crippen molar-refractivity contribution in [2.45, 2.75) is 39.5 Å². The van der Waals surface area contributed by atoms with Crippen LogP contribution in [0.1, 0.15) is 51.2 Å². The van der Waals surface area contributed by atoms with Crippen LogP contribution in [0.3, 0.4) is 0 Å². The van der Waals surface area contributed by atoms with Gasteiger partial charge in [0.1, 0.15) is 6.10 Å². The van der Waals surface area contributed by atoms with Gasteiger partial charge in [-0.05, 0) is 67.3 Å². The molecule has 3 aromatic carbocycles. The van der Waals surface area contributed by atoms with Crippen molar-refractivity contribution in [3.8, 4) is 0 Å². The van der Waals surface area contributed by atoms with Gasteiger partial charge in [-0.25, -0.2) is 9.79 Å². The van der Waals surface area contributed by atoms with Gasteiger partial charge in [-0.2, -0.15) is 13.2 Å². The molecule has 0 aromatic heterocycles. The van der Waals surface area contributed by atoms with Crippen molar-refractivity contribution in [2.24, 2.45) is 4.99 Å². The molecule has 3 aromatic rings. The summed E-state index contributed by atoms with van der Waals surface area (Å²) in [4.78, 5) is 19.6. The van der Waals surface area contributed by atoms with Gasteiger partial charge in [0.2, 0.25) is 0 Å². The van der Waals surface area contributed by atoms with Gasteiger partial charge in [0, 0.05) is 20.0 Å². The number of alkyl halides is 3. The van der Waals surface area contributed by atoms with E-state index >= 15 is 0 Å². The summed E-state index contributed by atoms with van der Waals surface area (Å²) in [7, 11) is 1.91. The third-order valence-electron chi connectivity index (χ3n) is 5.75. The van der Waals surface area contributed by atoms with E-state index in [1.165, 1.54) is 6.07 Å². The highest BCUT2D eigenvalue weighted by Gasteiger charge is 2.31. The van der Waals surface area contributed by atoms with Crippen LogP contribution in [0.15, 0.2) is 71.7 Å². The first-order chi connectivity index (χ1) is 16.6. The highest BCUT2D eigenvalue weighted by Crippen LogP contribution is 2.33. The number of hydrogen-bond donors (Lipinski definition) is 0. The molecular weight excluding hydrogens is 453 g/mol. The highest BCUT2D eigenvalue weighted by molar-refractivity contribution is 5.92. The number of aliphatic imine (C=N–C) groups is 1. The second kappa shape index (κ2) is 11.2. The van der Waals surface area contributed by atoms with Crippen LogP contribution in [0.5, 0.6) is 0 Å². The van der Waals surface area contributed by atoms with Crippen LogP contribution >= 0.6 is 0 Å². The Labute approximate surface area is 204 Å². The van der Waals surface area contributed by atoms with Crippen molar-refractivity contribution in [3.05, 3.63) is 100 Å². The molecule has 35 heavy (non-hydrogen) atoms. The summed E-state index contributed by atoms with van der Waals surface area (Å²) < 4.78 is 45.8. The first-order valence-electron chi connectivity index (χ1n) is 11.4. The van der Waals surface area contributed by atoms with Crippen LogP contribution in [0.2, 0.25) is 0 Å². The van der Waals surface area contributed by atoms with E-state index in [-0.39, 0.29) is 12.0 Å². The van der Waals surface area contributed by atoms with Gasteiger partial charge in [-0.1, -0.05) is 42.5 Å². The smallest absolute Gasteiger partial charge is 0.416 e. The van der Waals surface area contributed by atoms with Crippen LogP contribution in [0, 0.1) is 13.8 Å². The number of carbonyl (C=O) groups excluding carboxylic acids is 1. The summed E-state index contributed by atoms with van der Waals surface area (Å²) >= 11 is 0. The Morgan fingerprint density at radius 3 is 2.40 bits per heavy atom. The van der Waals surface area contributed by atoms with E-state index in [2.05, 4.69) is 4.99 Å². The van der Waals surface area contributed by atoms with Gasteiger partial charge < -0.3 is 9.64 Å². The van der Waals surface area contributed by atoms with Gasteiger partial charge in [0.05, 0.1) is 23.2 Å². The Hall–Kier alpha value is -3.61. The zero-order chi connectivity index (χ0) is 25.6. The van der Waals surface area contributed by atoms with Crippen LogP contribution in [-0.2, 0) is 17.3 Å². The maximum atomic E-state index is 13.3. The molecule has 4 nitrogen and oxygen atoms in total. The lowest BCUT2D eigenvalue weighted by atomic mass is 9.99. The average Bonchev–Trinajstić information content (AvgIpc) is 2.83. The Bertz CT molecular complexity index is 1190. The number of halogens is 3. The summed E-state index contributed by atoms with van der Waals surface area (Å²) in [6, 6.07) is 17.7. The normalized spacial score (nSPS) is 12.5. The Balaban J connectivity index is 1.92. The van der Waals surface area contributed by atoms with Gasteiger partial charge >= 0.3 is 12.1 Å². The first-order valence-corrected chi connectivity index (χ1v) is 11.4. The topological polar surface area (TPSA) is 41.9 Å². The molecule has 0 radical (unpaired) electrons. The van der Waals surface area contributed by atoms with E-state index in [0.717, 1.165) is 35.5 Å². The molecule has 1 unspecified atom stereocenters. The number of rotatable bonds is 8. The summed E-state index contributed by atoms with van der Waals surface area (Å²) in [6.07, 6.45) is -3.41. The Kier molecular flexibility index (Phi) is 8.33. The van der Waals surface area contributed by atoms with E-state index in [4.69, 9.17) is 4.74 Å². The number of ether oxygens (including phenoxy) is 1. The molecule has 0 N–H and O–H groups in total. The largest absolute Gasteiger partial charge is 0.454 e. The molecule has 0 aliphatic rings. The fourth-order valence-electron chi connectivity index (χ4n) is 3.57. The lowest BCUT2D eigenvalue weighted by Crippen LogP contribution is -2.16. The number of esters is 1. The van der Waals surface area contributed by atoms with Gasteiger partial charge in [0.15, 0.2) is 0 Å². The third-order valence-corrected chi connectivity index (χ3v) is 5.75. The van der Waals surface area contributed by atoms with Crippen LogP contribution in [0.4, 0.5) is 18.9 Å². The fraction of sp³-hybridized carbons (Fsp3) is 0.286. The van der Waals surface area contributed by atoms with E-state index in [0.29, 0.717) is 11.1 Å². The number of aryl methyl sites for hydroxylation is 2. The molecule has 0 aliphatic heterocycles. The molecule has 3 rings (SSSR count). The molecule has 7 heteroatoms. The summed E-state index contributed by atoms with van der Waals surface area (Å²) in [5, 5.41) is 0. The van der Waals surface area contributed by atoms with Crippen molar-refractivity contribution >= 4 is 18.0 Å². The molecule has 0 aliphatic carbocycles. The van der Waals surface area contributed by atoms with Gasteiger partial charge in [0.25, 0.3) is 0 Å². The van der Waals surface area contributed by atoms with Crippen molar-refractivity contribution in [2.75, 3.05) is 13.6 Å². The third kappa shape index (κ3) is 6.94. The second-order valence-electron chi connectivity index (χ2n) is 8.48. The molecule has 0 bridgehead atoms. The lowest BCUT2D eigenvalue weighted by Gasteiger charge is -2.21. The molecule has 0 saturated carbocycles. The van der Waals surface area contributed by atoms with Crippen molar-refractivity contribution < 1.29 is 22.7 Å². The SMILES string of the molecule is CCN(C)C=Nc1cc(C)c(C(=O)OC(Cc2ccccc2)c2cccc(C(F)(F)F)c2)cc1C. The minimum absolute atomic E-state index is 0.248. The summed E-state index contributed by atoms with van der Waals surface area (Å²) in [6.45, 7) is 6.46. The fourth-order valence-corrected chi connectivity index (χ4v) is 3.57. The number of carbonyl (C=O) groups is 1. The molecule has 0 heterocycles. The van der Waals surface area contributed by atoms with Crippen molar-refractivity contribution in [3.63, 3.8) is 0 Å². The molecule has 0 fully saturated rings. The number of nitrogens with zero attached hydrogens (tertiary/aromatic N) is 2. The second-order valence-corrected chi connectivity index (χ2v) is 8.48. The summed E-state index contributed by atoms with van der Waals surface area (Å²) in [5.41, 5.74) is 2.91. The lowest BCUT2D eigenvalue weighted by molar-refractivity contribution is -0.137. The molecule has 1 atom stereocenters. The van der Waals surface area contributed by atoms with Crippen LogP contribution in [-0.4, -0.2) is 30.8 Å². The zero-order valence-corrected chi connectivity index (χ0v) is 20.3. The maximum Gasteiger partial charge on any atom is 0.416 e. The van der Waals surface area contributed by atoms with Gasteiger partial charge in [-0.15, -0.1) is 0 Å². The van der Waals surface area contributed by atoms with Gasteiger partial charge in [-0.3, -0.25) is 0 Å². The predicted molar refractivity (Wildman–Crippen MR) is 132 cm³/mol. The van der Waals surface area contributed by atoms with Crippen LogP contribution in [0.25, 0.3) is 0 Å². The highest BCUT2D eigenvalue weighted by atomic mass is 19.4. The first kappa shape index (κ1) is 26.0. The molecule has 0 saturated heterocycles. The minimum Gasteiger partial charge on any atom is -0.454 e. The predicted octanol–water partition coefficient (Wildman–Crippen LogP) is 7.07. The van der Waals surface area contributed by atoms with Crippen molar-refractivity contribution in [1.82, 2.24) is 4.90 Å². The van der Waals surface area contributed by atoms with Crippen LogP contribution < -0.4 is 0 Å². The van der Waals surface area contributed by atoms with E-state index in [9.17, 15) is 18.0 Å². The zero-order valence-electron chi connectivity index (χ0n) is 20.3. The molecule has 0 amide bonds. The Morgan fingerprint density at radius 2 is 1.74 bits per heavy atom. The van der Waals surface area contributed by atoms with Crippen molar-refractivity contribution in [1.29, 1.82) is 0 Å². The monoisotopic (exact) mass is 482 g/mol. The standard InChI is InChI=1S/C28H29F3N2O2/c1-5-33(4)18-32-25-15-19(2)24(14-20(25)3)27(34)35-26(16-21-10-7-6-8-11-21)22-12-9-13-23(17-22)28(29,30)31/h6-15,17-18,26H,5,16H2,1-4H3. The molecule has 184 valence electrons. The summed E-state index contributed by atoms with van der Waals surface area (Å²) in [5.74, 6) is -0.592. The number of benzene rings is 3. The maximum absolute atomic E-state index is 13.3. The van der Waals surface area contributed by atoms with E-state index in [1.54, 1.807) is 25.4 Å². The average molecular weight is 483 g/mol.